The van der Waals surface area contributed by atoms with Crippen LogP contribution in [0.5, 0.6) is 0 Å². The van der Waals surface area contributed by atoms with Crippen molar-refractivity contribution in [2.75, 3.05) is 0 Å². The van der Waals surface area contributed by atoms with E-state index in [-0.39, 0.29) is 25.7 Å². The van der Waals surface area contributed by atoms with E-state index in [1.807, 2.05) is 30.3 Å². The van der Waals surface area contributed by atoms with Gasteiger partial charge < -0.3 is 37.5 Å². The first kappa shape index (κ1) is 29.8. The van der Waals surface area contributed by atoms with Crippen LogP contribution in [0.1, 0.15) is 30.9 Å². The van der Waals surface area contributed by atoms with Crippen LogP contribution in [-0.4, -0.2) is 63.9 Å². The summed E-state index contributed by atoms with van der Waals surface area (Å²) in [6, 6.07) is 11.8. The van der Waals surface area contributed by atoms with Gasteiger partial charge in [-0.15, -0.1) is 0 Å². The van der Waals surface area contributed by atoms with E-state index in [0.29, 0.717) is 5.56 Å². The minimum atomic E-state index is -1.40. The zero-order chi connectivity index (χ0) is 29.2. The molecule has 4 unspecified atom stereocenters. The highest BCUT2D eigenvalue weighted by molar-refractivity contribution is 5.95. The van der Waals surface area contributed by atoms with Gasteiger partial charge in [-0.1, -0.05) is 48.5 Å². The number of H-pyrrole nitrogens is 1. The van der Waals surface area contributed by atoms with Crippen molar-refractivity contribution in [2.45, 2.75) is 56.8 Å². The van der Waals surface area contributed by atoms with E-state index in [1.165, 1.54) is 6.92 Å². The number of aromatic nitrogens is 1. The monoisotopic (exact) mass is 550 g/mol. The number of carbonyl (C=O) groups excluding carboxylic acids is 4. The molecular formula is C28H34N6O6. The molecule has 0 aliphatic heterocycles. The Morgan fingerprint density at radius 2 is 1.40 bits per heavy atom. The molecule has 0 radical (unpaired) electrons. The molecule has 2 aromatic carbocycles. The number of para-hydroxylation sites is 1. The summed E-state index contributed by atoms with van der Waals surface area (Å²) in [6.07, 6.45) is 1.38. The summed E-state index contributed by atoms with van der Waals surface area (Å²) in [5.74, 6) is -4.03. The molecule has 3 rings (SSSR count). The number of amides is 4. The fraction of sp³-hybridized carbons (Fsp3) is 0.321. The molecule has 0 saturated carbocycles. The lowest BCUT2D eigenvalue weighted by Crippen LogP contribution is -2.58. The summed E-state index contributed by atoms with van der Waals surface area (Å²) in [6.45, 7) is 1.48. The summed E-state index contributed by atoms with van der Waals surface area (Å²) in [5.41, 5.74) is 13.1. The highest BCUT2D eigenvalue weighted by atomic mass is 16.4. The van der Waals surface area contributed by atoms with Gasteiger partial charge >= 0.3 is 5.97 Å². The maximum atomic E-state index is 13.5. The van der Waals surface area contributed by atoms with E-state index in [9.17, 15) is 29.1 Å². The number of nitrogens with one attached hydrogen (secondary N) is 4. The molecule has 9 N–H and O–H groups in total. The van der Waals surface area contributed by atoms with Crippen molar-refractivity contribution in [1.29, 1.82) is 0 Å². The number of rotatable bonds is 14. The second-order valence-corrected chi connectivity index (χ2v) is 9.57. The van der Waals surface area contributed by atoms with Gasteiger partial charge in [-0.05, 0) is 30.5 Å². The molecule has 40 heavy (non-hydrogen) atoms. The van der Waals surface area contributed by atoms with Crippen LogP contribution in [0.25, 0.3) is 10.9 Å². The van der Waals surface area contributed by atoms with Crippen molar-refractivity contribution < 1.29 is 29.1 Å². The van der Waals surface area contributed by atoms with Crippen molar-refractivity contribution in [3.05, 3.63) is 71.9 Å². The minimum Gasteiger partial charge on any atom is -0.480 e. The van der Waals surface area contributed by atoms with Crippen LogP contribution in [0.3, 0.4) is 0 Å². The minimum absolute atomic E-state index is 0.0169. The number of nitrogens with two attached hydrogens (primary N) is 2. The highest BCUT2D eigenvalue weighted by Gasteiger charge is 2.31. The van der Waals surface area contributed by atoms with Crippen LogP contribution < -0.4 is 27.4 Å². The number of carboxylic acid groups (broad SMARTS) is 1. The van der Waals surface area contributed by atoms with Crippen molar-refractivity contribution in [3.8, 4) is 0 Å². The molecule has 0 saturated heterocycles. The fourth-order valence-corrected chi connectivity index (χ4v) is 4.18. The quantitative estimate of drug-likeness (QED) is 0.147. The van der Waals surface area contributed by atoms with Gasteiger partial charge in [0.25, 0.3) is 0 Å². The predicted octanol–water partition coefficient (Wildman–Crippen LogP) is 0.105. The summed E-state index contributed by atoms with van der Waals surface area (Å²) in [5, 5.41) is 18.1. The lowest BCUT2D eigenvalue weighted by Gasteiger charge is -2.25. The number of carbonyl (C=O) groups is 5. The first-order chi connectivity index (χ1) is 19.0. The molecule has 1 heterocycles. The average Bonchev–Trinajstić information content (AvgIpc) is 3.33. The van der Waals surface area contributed by atoms with Gasteiger partial charge in [0, 0.05) is 36.4 Å². The van der Waals surface area contributed by atoms with E-state index >= 15 is 0 Å². The van der Waals surface area contributed by atoms with Gasteiger partial charge in [0.05, 0.1) is 6.04 Å². The SMILES string of the molecule is CC(N)C(=O)NC(Cc1ccccc1)C(=O)NC(Cc1c[nH]c2ccccc12)C(=O)NC(CCC(N)=O)C(=O)O. The molecule has 3 aromatic rings. The second kappa shape index (κ2) is 13.9. The van der Waals surface area contributed by atoms with Gasteiger partial charge in [0.15, 0.2) is 0 Å². The van der Waals surface area contributed by atoms with Crippen LogP contribution in [0.2, 0.25) is 0 Å². The average molecular weight is 551 g/mol. The Bertz CT molecular complexity index is 1360. The van der Waals surface area contributed by atoms with E-state index in [4.69, 9.17) is 11.5 Å². The number of hydrogen-bond donors (Lipinski definition) is 7. The summed E-state index contributed by atoms with van der Waals surface area (Å²) < 4.78 is 0. The molecule has 0 aliphatic carbocycles. The maximum Gasteiger partial charge on any atom is 0.326 e. The van der Waals surface area contributed by atoms with Crippen molar-refractivity contribution >= 4 is 40.5 Å². The van der Waals surface area contributed by atoms with E-state index in [1.54, 1.807) is 30.5 Å². The van der Waals surface area contributed by atoms with Crippen LogP contribution in [-0.2, 0) is 36.8 Å². The topological polar surface area (TPSA) is 209 Å². The molecule has 0 aliphatic rings. The van der Waals surface area contributed by atoms with Crippen LogP contribution in [0.4, 0.5) is 0 Å². The number of aliphatic carboxylic acids is 1. The summed E-state index contributed by atoms with van der Waals surface area (Å²) >= 11 is 0. The lowest BCUT2D eigenvalue weighted by atomic mass is 10.0. The summed E-state index contributed by atoms with van der Waals surface area (Å²) in [7, 11) is 0. The molecule has 12 heteroatoms. The fourth-order valence-electron chi connectivity index (χ4n) is 4.18. The number of benzene rings is 2. The molecule has 0 bridgehead atoms. The smallest absolute Gasteiger partial charge is 0.326 e. The van der Waals surface area contributed by atoms with Gasteiger partial charge in [-0.25, -0.2) is 4.79 Å². The standard InChI is InChI=1S/C28H34N6O6/c1-16(29)25(36)33-22(13-17-7-3-2-4-8-17)26(37)34-23(14-18-15-31-20-10-6-5-9-19(18)20)27(38)32-21(28(39)40)11-12-24(30)35/h2-10,15-16,21-23,31H,11-14,29H2,1H3,(H2,30,35)(H,32,38)(H,33,36)(H,34,37)(H,39,40). The van der Waals surface area contributed by atoms with Crippen molar-refractivity contribution in [2.24, 2.45) is 11.5 Å². The van der Waals surface area contributed by atoms with Gasteiger partial charge in [0.1, 0.15) is 18.1 Å². The third-order valence-corrected chi connectivity index (χ3v) is 6.36. The Morgan fingerprint density at radius 1 is 0.825 bits per heavy atom. The lowest BCUT2D eigenvalue weighted by molar-refractivity contribution is -0.142. The van der Waals surface area contributed by atoms with Crippen LogP contribution in [0.15, 0.2) is 60.8 Å². The van der Waals surface area contributed by atoms with Gasteiger partial charge in [-0.3, -0.25) is 19.2 Å². The summed E-state index contributed by atoms with van der Waals surface area (Å²) in [4.78, 5) is 65.4. The van der Waals surface area contributed by atoms with Crippen molar-refractivity contribution in [3.63, 3.8) is 0 Å². The number of carboxylic acids is 1. The number of primary amides is 1. The third kappa shape index (κ3) is 8.40. The maximum absolute atomic E-state index is 13.5. The zero-order valence-electron chi connectivity index (χ0n) is 22.1. The highest BCUT2D eigenvalue weighted by Crippen LogP contribution is 2.19. The first-order valence-electron chi connectivity index (χ1n) is 12.8. The van der Waals surface area contributed by atoms with Crippen LogP contribution >= 0.6 is 0 Å². The second-order valence-electron chi connectivity index (χ2n) is 9.57. The Balaban J connectivity index is 1.88. The van der Waals surface area contributed by atoms with Crippen LogP contribution in [0, 0.1) is 0 Å². The predicted molar refractivity (Wildman–Crippen MR) is 148 cm³/mol. The first-order valence-corrected chi connectivity index (χ1v) is 12.8. The Morgan fingerprint density at radius 3 is 2.02 bits per heavy atom. The number of fused-ring (bicyclic) bond motifs is 1. The van der Waals surface area contributed by atoms with E-state index < -0.39 is 53.8 Å². The Kier molecular flexibility index (Phi) is 10.4. The zero-order valence-corrected chi connectivity index (χ0v) is 22.1. The van der Waals surface area contributed by atoms with E-state index in [0.717, 1.165) is 16.5 Å². The van der Waals surface area contributed by atoms with Crippen molar-refractivity contribution in [1.82, 2.24) is 20.9 Å². The van der Waals surface area contributed by atoms with E-state index in [2.05, 4.69) is 20.9 Å². The molecule has 4 atom stereocenters. The number of hydrogen-bond acceptors (Lipinski definition) is 6. The molecule has 212 valence electrons. The van der Waals surface area contributed by atoms with Gasteiger partial charge in [0.2, 0.25) is 23.6 Å². The Hall–Kier alpha value is -4.71. The molecule has 0 fully saturated rings. The molecule has 0 spiro atoms. The third-order valence-electron chi connectivity index (χ3n) is 6.36. The normalized spacial score (nSPS) is 13.9. The molecular weight excluding hydrogens is 516 g/mol. The Labute approximate surface area is 230 Å². The van der Waals surface area contributed by atoms with Gasteiger partial charge in [-0.2, -0.15) is 0 Å². The molecule has 4 amide bonds. The number of aromatic amines is 1. The molecule has 1 aromatic heterocycles. The largest absolute Gasteiger partial charge is 0.480 e. The molecule has 12 nitrogen and oxygen atoms in total.